The van der Waals surface area contributed by atoms with E-state index < -0.39 is 6.04 Å². The van der Waals surface area contributed by atoms with Crippen molar-refractivity contribution in [3.63, 3.8) is 0 Å². The molecule has 1 N–H and O–H groups in total. The number of rotatable bonds is 3. The van der Waals surface area contributed by atoms with Gasteiger partial charge in [0.15, 0.2) is 0 Å². The maximum absolute atomic E-state index is 13.1. The molecule has 0 amide bonds. The van der Waals surface area contributed by atoms with E-state index in [1.165, 1.54) is 12.7 Å². The summed E-state index contributed by atoms with van der Waals surface area (Å²) in [6.07, 6.45) is 6.55. The van der Waals surface area contributed by atoms with Gasteiger partial charge in [0, 0.05) is 21.3 Å². The molecule has 4 rings (SSSR count). The molecule has 1 atom stereocenters. The summed E-state index contributed by atoms with van der Waals surface area (Å²) < 4.78 is 7.46. The van der Waals surface area contributed by atoms with Crippen molar-refractivity contribution >= 4 is 35.1 Å². The molecule has 8 heteroatoms. The van der Waals surface area contributed by atoms with Crippen LogP contribution in [-0.2, 0) is 9.53 Å². The topological polar surface area (TPSA) is 69.0 Å². The number of ether oxygens (including phenoxy) is 1. The summed E-state index contributed by atoms with van der Waals surface area (Å²) in [6.45, 7) is 1.83. The second kappa shape index (κ2) is 7.52. The highest BCUT2D eigenvalue weighted by molar-refractivity contribution is 6.36. The van der Waals surface area contributed by atoms with Crippen LogP contribution in [0.4, 0.5) is 5.95 Å². The van der Waals surface area contributed by atoms with Gasteiger partial charge in [-0.2, -0.15) is 10.1 Å². The zero-order chi connectivity index (χ0) is 19.0. The number of anilines is 1. The van der Waals surface area contributed by atoms with Crippen molar-refractivity contribution in [2.45, 2.75) is 51.2 Å². The smallest absolute Gasteiger partial charge is 0.338 e. The van der Waals surface area contributed by atoms with Gasteiger partial charge >= 0.3 is 5.97 Å². The second-order valence-electron chi connectivity index (χ2n) is 6.90. The molecule has 6 nitrogen and oxygen atoms in total. The average Bonchev–Trinajstić information content (AvgIpc) is 3.10. The predicted octanol–water partition coefficient (Wildman–Crippen LogP) is 4.75. The number of benzene rings is 1. The normalized spacial score (nSPS) is 20.2. The Hall–Kier alpha value is -2.05. The largest absolute Gasteiger partial charge is 0.459 e. The number of aromatic nitrogens is 3. The molecule has 1 aliphatic heterocycles. The first-order valence-electron chi connectivity index (χ1n) is 9.08. The van der Waals surface area contributed by atoms with Crippen molar-refractivity contribution in [2.24, 2.45) is 0 Å². The van der Waals surface area contributed by atoms with Gasteiger partial charge in [0.25, 0.3) is 0 Å². The van der Waals surface area contributed by atoms with Gasteiger partial charge in [0.05, 0.1) is 5.57 Å². The Kier molecular flexibility index (Phi) is 5.10. The number of esters is 1. The summed E-state index contributed by atoms with van der Waals surface area (Å²) in [4.78, 5) is 17.4. The number of halogens is 2. The van der Waals surface area contributed by atoms with E-state index in [0.717, 1.165) is 25.7 Å². The van der Waals surface area contributed by atoms with Crippen molar-refractivity contribution < 1.29 is 9.53 Å². The molecular formula is C19H20Cl2N4O2. The van der Waals surface area contributed by atoms with Crippen molar-refractivity contribution in [2.75, 3.05) is 5.32 Å². The Morgan fingerprint density at radius 1 is 1.22 bits per heavy atom. The highest BCUT2D eigenvalue weighted by Gasteiger charge is 2.37. The first-order valence-corrected chi connectivity index (χ1v) is 9.84. The van der Waals surface area contributed by atoms with Crippen LogP contribution in [-0.4, -0.2) is 26.8 Å². The third-order valence-electron chi connectivity index (χ3n) is 5.11. The van der Waals surface area contributed by atoms with E-state index in [-0.39, 0.29) is 12.1 Å². The lowest BCUT2D eigenvalue weighted by atomic mass is 9.94. The zero-order valence-corrected chi connectivity index (χ0v) is 16.4. The molecule has 2 aromatic rings. The van der Waals surface area contributed by atoms with Gasteiger partial charge in [-0.05, 0) is 44.7 Å². The lowest BCUT2D eigenvalue weighted by Gasteiger charge is -2.30. The van der Waals surface area contributed by atoms with E-state index in [9.17, 15) is 4.79 Å². The highest BCUT2D eigenvalue weighted by Crippen LogP contribution is 2.41. The molecule has 1 unspecified atom stereocenters. The minimum absolute atomic E-state index is 0.0499. The highest BCUT2D eigenvalue weighted by atomic mass is 35.5. The van der Waals surface area contributed by atoms with Crippen molar-refractivity contribution in [1.29, 1.82) is 0 Å². The summed E-state index contributed by atoms with van der Waals surface area (Å²) in [5, 5.41) is 8.35. The number of hydrogen-bond donors (Lipinski definition) is 1. The van der Waals surface area contributed by atoms with Gasteiger partial charge in [0.1, 0.15) is 18.5 Å². The third kappa shape index (κ3) is 3.44. The Bertz CT molecular complexity index is 883. The van der Waals surface area contributed by atoms with E-state index in [1.807, 2.05) is 6.92 Å². The van der Waals surface area contributed by atoms with Crippen molar-refractivity contribution in [3.05, 3.63) is 51.4 Å². The number of carbonyl (C=O) groups is 1. The molecular weight excluding hydrogens is 387 g/mol. The number of fused-ring (bicyclic) bond motifs is 1. The van der Waals surface area contributed by atoms with Crippen LogP contribution in [0.25, 0.3) is 0 Å². The fourth-order valence-corrected chi connectivity index (χ4v) is 4.40. The van der Waals surface area contributed by atoms with Gasteiger partial charge < -0.3 is 10.1 Å². The number of hydrogen-bond acceptors (Lipinski definition) is 5. The van der Waals surface area contributed by atoms with Crippen LogP contribution >= 0.6 is 23.2 Å². The number of allylic oxidation sites excluding steroid dienone is 1. The maximum atomic E-state index is 13.1. The number of nitrogens with one attached hydrogen (secondary N) is 1. The third-order valence-corrected chi connectivity index (χ3v) is 5.77. The minimum atomic E-state index is -0.596. The molecule has 1 aliphatic carbocycles. The van der Waals surface area contributed by atoms with E-state index in [0.29, 0.717) is 32.8 Å². The summed E-state index contributed by atoms with van der Waals surface area (Å²) >= 11 is 12.9. The van der Waals surface area contributed by atoms with Crippen LogP contribution in [0.1, 0.15) is 50.6 Å². The van der Waals surface area contributed by atoms with E-state index in [1.54, 1.807) is 22.9 Å². The molecule has 142 valence electrons. The summed E-state index contributed by atoms with van der Waals surface area (Å²) in [7, 11) is 0. The summed E-state index contributed by atoms with van der Waals surface area (Å²) in [5.74, 6) is 0.164. The molecule has 0 radical (unpaired) electrons. The van der Waals surface area contributed by atoms with Gasteiger partial charge in [0.2, 0.25) is 5.95 Å². The van der Waals surface area contributed by atoms with Crippen LogP contribution in [0.2, 0.25) is 10.0 Å². The van der Waals surface area contributed by atoms with Crippen LogP contribution < -0.4 is 5.32 Å². The summed E-state index contributed by atoms with van der Waals surface area (Å²) in [6, 6.07) is 4.68. The van der Waals surface area contributed by atoms with Crippen LogP contribution in [0.15, 0.2) is 35.8 Å². The fraction of sp³-hybridized carbons (Fsp3) is 0.421. The monoisotopic (exact) mass is 406 g/mol. The SMILES string of the molecule is CC1=C(C(=O)OC2CCCCC2)C(c2c(Cl)cccc2Cl)n2ncnc2N1. The van der Waals surface area contributed by atoms with E-state index >= 15 is 0 Å². The van der Waals surface area contributed by atoms with Crippen molar-refractivity contribution in [3.8, 4) is 0 Å². The molecule has 0 spiro atoms. The quantitative estimate of drug-likeness (QED) is 0.744. The van der Waals surface area contributed by atoms with Crippen LogP contribution in [0.3, 0.4) is 0 Å². The minimum Gasteiger partial charge on any atom is -0.459 e. The molecule has 2 heterocycles. The van der Waals surface area contributed by atoms with Crippen LogP contribution in [0, 0.1) is 0 Å². The van der Waals surface area contributed by atoms with Crippen LogP contribution in [0.5, 0.6) is 0 Å². The number of carbonyl (C=O) groups excluding carboxylic acids is 1. The number of nitrogens with zero attached hydrogens (tertiary/aromatic N) is 3. The Labute approximate surface area is 167 Å². The Morgan fingerprint density at radius 2 is 1.93 bits per heavy atom. The molecule has 27 heavy (non-hydrogen) atoms. The van der Waals surface area contributed by atoms with E-state index in [2.05, 4.69) is 15.4 Å². The Morgan fingerprint density at radius 3 is 2.63 bits per heavy atom. The molecule has 0 saturated heterocycles. The van der Waals surface area contributed by atoms with Gasteiger partial charge in [-0.1, -0.05) is 35.7 Å². The predicted molar refractivity (Wildman–Crippen MR) is 104 cm³/mol. The first kappa shape index (κ1) is 18.3. The van der Waals surface area contributed by atoms with E-state index in [4.69, 9.17) is 27.9 Å². The molecule has 2 aliphatic rings. The lowest BCUT2D eigenvalue weighted by molar-refractivity contribution is -0.146. The molecule has 0 bridgehead atoms. The van der Waals surface area contributed by atoms with Crippen molar-refractivity contribution in [1.82, 2.24) is 14.8 Å². The first-order chi connectivity index (χ1) is 13.1. The molecule has 1 saturated carbocycles. The molecule has 1 fully saturated rings. The second-order valence-corrected chi connectivity index (χ2v) is 7.71. The summed E-state index contributed by atoms with van der Waals surface area (Å²) in [5.41, 5.74) is 1.73. The van der Waals surface area contributed by atoms with Gasteiger partial charge in [-0.15, -0.1) is 0 Å². The lowest BCUT2D eigenvalue weighted by Crippen LogP contribution is -2.32. The standard InChI is InChI=1S/C19H20Cl2N4O2/c1-11-15(18(26)27-12-6-3-2-4-7-12)17(25-19(24-11)22-10-23-25)16-13(20)8-5-9-14(16)21/h5,8-10,12,17H,2-4,6-7H2,1H3,(H,22,23,24). The van der Waals surface area contributed by atoms with Gasteiger partial charge in [-0.3, -0.25) is 0 Å². The molecule has 1 aromatic heterocycles. The Balaban J connectivity index is 1.76. The maximum Gasteiger partial charge on any atom is 0.338 e. The fourth-order valence-electron chi connectivity index (χ4n) is 3.79. The average molecular weight is 407 g/mol. The van der Waals surface area contributed by atoms with Gasteiger partial charge in [-0.25, -0.2) is 9.48 Å². The zero-order valence-electron chi connectivity index (χ0n) is 14.9. The molecule has 1 aromatic carbocycles.